The number of hydrogen-bond acceptors (Lipinski definition) is 4. The third-order valence-corrected chi connectivity index (χ3v) is 4.70. The maximum atomic E-state index is 12.5. The van der Waals surface area contributed by atoms with Gasteiger partial charge in [-0.1, -0.05) is 6.08 Å². The smallest absolute Gasteiger partial charge is 0.170 e. The van der Waals surface area contributed by atoms with Gasteiger partial charge in [-0.25, -0.2) is 0 Å². The molecule has 2 heterocycles. The third kappa shape index (κ3) is 3.03. The second-order valence-corrected chi connectivity index (χ2v) is 6.28. The van der Waals surface area contributed by atoms with Crippen LogP contribution in [0.4, 0.5) is 0 Å². The van der Waals surface area contributed by atoms with Crippen LogP contribution in [0.25, 0.3) is 0 Å². The molecule has 1 N–H and O–H groups in total. The average Bonchev–Trinajstić information content (AvgIpc) is 2.95. The van der Waals surface area contributed by atoms with Crippen LogP contribution in [0.5, 0.6) is 11.5 Å². The van der Waals surface area contributed by atoms with Crippen molar-refractivity contribution >= 4 is 23.1 Å². The normalized spacial score (nSPS) is 22.5. The van der Waals surface area contributed by atoms with E-state index in [2.05, 4.69) is 16.8 Å². The van der Waals surface area contributed by atoms with Crippen LogP contribution in [0, 0.1) is 0 Å². The molecule has 0 saturated carbocycles. The summed E-state index contributed by atoms with van der Waals surface area (Å²) in [6.07, 6.45) is 2.91. The molecule has 0 aliphatic carbocycles. The molecule has 2 aliphatic heterocycles. The minimum absolute atomic E-state index is 0.0944. The van der Waals surface area contributed by atoms with Crippen molar-refractivity contribution in [3.63, 3.8) is 0 Å². The molecule has 0 radical (unpaired) electrons. The number of rotatable bonds is 3. The number of Topliss-reactive ketones (excluding diaryl/α,β-unsaturated/α-hetero) is 1. The van der Waals surface area contributed by atoms with Crippen molar-refractivity contribution < 1.29 is 14.3 Å². The molecule has 6 heteroatoms. The zero-order chi connectivity index (χ0) is 16.4. The van der Waals surface area contributed by atoms with E-state index in [1.165, 1.54) is 0 Å². The molecule has 2 aliphatic rings. The van der Waals surface area contributed by atoms with E-state index in [9.17, 15) is 4.79 Å². The molecule has 1 fully saturated rings. The molecule has 1 saturated heterocycles. The van der Waals surface area contributed by atoms with Gasteiger partial charge in [0.05, 0.1) is 25.6 Å². The first-order valence-electron chi connectivity index (χ1n) is 7.61. The predicted octanol–water partition coefficient (Wildman–Crippen LogP) is 2.17. The Morgan fingerprint density at radius 1 is 1.61 bits per heavy atom. The Labute approximate surface area is 141 Å². The fraction of sp³-hybridized carbons (Fsp3) is 0.412. The van der Waals surface area contributed by atoms with Crippen molar-refractivity contribution in [3.05, 3.63) is 36.4 Å². The molecule has 1 unspecified atom stereocenters. The fourth-order valence-electron chi connectivity index (χ4n) is 3.12. The van der Waals surface area contributed by atoms with E-state index in [1.54, 1.807) is 19.3 Å². The van der Waals surface area contributed by atoms with Crippen LogP contribution < -0.4 is 14.8 Å². The van der Waals surface area contributed by atoms with Gasteiger partial charge in [0.2, 0.25) is 0 Å². The summed E-state index contributed by atoms with van der Waals surface area (Å²) in [6.45, 7) is 5.70. The van der Waals surface area contributed by atoms with Crippen LogP contribution in [-0.4, -0.2) is 48.1 Å². The van der Waals surface area contributed by atoms with E-state index in [1.807, 2.05) is 12.1 Å². The second kappa shape index (κ2) is 6.20. The Bertz CT molecular complexity index is 661. The summed E-state index contributed by atoms with van der Waals surface area (Å²) in [7, 11) is 1.59. The number of carbonyl (C=O) groups is 1. The minimum atomic E-state index is -0.488. The summed E-state index contributed by atoms with van der Waals surface area (Å²) in [5, 5.41) is 3.80. The molecule has 1 aromatic rings. The number of likely N-dealkylation sites (tertiary alicyclic amines) is 1. The minimum Gasteiger partial charge on any atom is -0.497 e. The molecule has 1 aromatic carbocycles. The lowest BCUT2D eigenvalue weighted by Gasteiger charge is -2.35. The summed E-state index contributed by atoms with van der Waals surface area (Å²) < 4.78 is 11.4. The van der Waals surface area contributed by atoms with Crippen molar-refractivity contribution in [2.45, 2.75) is 18.4 Å². The zero-order valence-corrected chi connectivity index (χ0v) is 13.9. The van der Waals surface area contributed by atoms with E-state index < -0.39 is 5.60 Å². The third-order valence-electron chi connectivity index (χ3n) is 4.30. The quantitative estimate of drug-likeness (QED) is 0.676. The number of ether oxygens (including phenoxy) is 2. The van der Waals surface area contributed by atoms with Gasteiger partial charge in [0, 0.05) is 19.5 Å². The summed E-state index contributed by atoms with van der Waals surface area (Å²) in [5.41, 5.74) is 0.110. The van der Waals surface area contributed by atoms with Gasteiger partial charge in [0.1, 0.15) is 17.1 Å². The number of hydrogen-bond donors (Lipinski definition) is 1. The van der Waals surface area contributed by atoms with Crippen molar-refractivity contribution in [1.29, 1.82) is 0 Å². The average molecular weight is 332 g/mol. The largest absolute Gasteiger partial charge is 0.497 e. The number of thiocarbonyl (C=S) groups is 1. The number of methoxy groups -OCH3 is 1. The van der Waals surface area contributed by atoms with Gasteiger partial charge in [-0.2, -0.15) is 0 Å². The number of fused-ring (bicyclic) bond motifs is 1. The molecule has 1 atom stereocenters. The Hall–Kier alpha value is -2.08. The molecule has 122 valence electrons. The van der Waals surface area contributed by atoms with Crippen molar-refractivity contribution in [1.82, 2.24) is 10.2 Å². The van der Waals surface area contributed by atoms with Crippen molar-refractivity contribution in [2.24, 2.45) is 0 Å². The predicted molar refractivity (Wildman–Crippen MR) is 92.3 cm³/mol. The van der Waals surface area contributed by atoms with Gasteiger partial charge >= 0.3 is 0 Å². The van der Waals surface area contributed by atoms with Crippen LogP contribution in [0.3, 0.4) is 0 Å². The molecule has 1 spiro atoms. The summed E-state index contributed by atoms with van der Waals surface area (Å²) in [4.78, 5) is 14.6. The molecular weight excluding hydrogens is 312 g/mol. The monoisotopic (exact) mass is 332 g/mol. The Kier molecular flexibility index (Phi) is 4.26. The lowest BCUT2D eigenvalue weighted by molar-refractivity contribution is 0.0493. The number of nitrogens with zero attached hydrogens (tertiary/aromatic N) is 1. The maximum Gasteiger partial charge on any atom is 0.170 e. The SMILES string of the molecule is C=CCNC(=S)N1CCC2(CC(=O)c3cc(OC)ccc3O2)C1. The number of ketones is 1. The van der Waals surface area contributed by atoms with E-state index >= 15 is 0 Å². The van der Waals surface area contributed by atoms with E-state index in [4.69, 9.17) is 21.7 Å². The summed E-state index contributed by atoms with van der Waals surface area (Å²) in [6, 6.07) is 5.37. The summed E-state index contributed by atoms with van der Waals surface area (Å²) in [5.74, 6) is 1.39. The van der Waals surface area contributed by atoms with E-state index in [-0.39, 0.29) is 5.78 Å². The van der Waals surface area contributed by atoms with E-state index in [0.29, 0.717) is 41.7 Å². The molecule has 3 rings (SSSR count). The van der Waals surface area contributed by atoms with Gasteiger partial charge in [-0.15, -0.1) is 6.58 Å². The van der Waals surface area contributed by atoms with Gasteiger partial charge in [0.25, 0.3) is 0 Å². The van der Waals surface area contributed by atoms with Gasteiger partial charge in [-0.3, -0.25) is 4.79 Å². The Balaban J connectivity index is 1.76. The summed E-state index contributed by atoms with van der Waals surface area (Å²) >= 11 is 5.38. The van der Waals surface area contributed by atoms with Gasteiger partial charge in [0.15, 0.2) is 10.9 Å². The first-order chi connectivity index (χ1) is 11.1. The van der Waals surface area contributed by atoms with Crippen LogP contribution >= 0.6 is 12.2 Å². The molecule has 0 aromatic heterocycles. The maximum absolute atomic E-state index is 12.5. The lowest BCUT2D eigenvalue weighted by Crippen LogP contribution is -2.47. The lowest BCUT2D eigenvalue weighted by atomic mass is 9.89. The molecular formula is C17H20N2O3S. The van der Waals surface area contributed by atoms with Crippen LogP contribution in [0.15, 0.2) is 30.9 Å². The second-order valence-electron chi connectivity index (χ2n) is 5.89. The highest BCUT2D eigenvalue weighted by Gasteiger charge is 2.46. The van der Waals surface area contributed by atoms with Crippen LogP contribution in [0.1, 0.15) is 23.2 Å². The highest BCUT2D eigenvalue weighted by Crippen LogP contribution is 2.39. The van der Waals surface area contributed by atoms with E-state index in [0.717, 1.165) is 13.0 Å². The molecule has 5 nitrogen and oxygen atoms in total. The van der Waals surface area contributed by atoms with Gasteiger partial charge < -0.3 is 19.7 Å². The number of carbonyl (C=O) groups excluding carboxylic acids is 1. The van der Waals surface area contributed by atoms with Crippen LogP contribution in [0.2, 0.25) is 0 Å². The van der Waals surface area contributed by atoms with Gasteiger partial charge in [-0.05, 0) is 30.4 Å². The fourth-order valence-corrected chi connectivity index (χ4v) is 3.36. The Morgan fingerprint density at radius 3 is 3.17 bits per heavy atom. The zero-order valence-electron chi connectivity index (χ0n) is 13.1. The molecule has 0 amide bonds. The highest BCUT2D eigenvalue weighted by molar-refractivity contribution is 7.80. The van der Waals surface area contributed by atoms with Crippen molar-refractivity contribution in [2.75, 3.05) is 26.7 Å². The molecule has 0 bridgehead atoms. The number of benzene rings is 1. The standard InChI is InChI=1S/C17H20N2O3S/c1-3-7-18-16(23)19-8-6-17(11-19)10-14(20)13-9-12(21-2)4-5-15(13)22-17/h3-5,9H,1,6-8,10-11H2,2H3,(H,18,23). The highest BCUT2D eigenvalue weighted by atomic mass is 32.1. The first-order valence-corrected chi connectivity index (χ1v) is 8.02. The van der Waals surface area contributed by atoms with Crippen molar-refractivity contribution in [3.8, 4) is 11.5 Å². The number of nitrogens with one attached hydrogen (secondary N) is 1. The first kappa shape index (κ1) is 15.8. The topological polar surface area (TPSA) is 50.8 Å². The Morgan fingerprint density at radius 2 is 2.43 bits per heavy atom. The molecule has 23 heavy (non-hydrogen) atoms. The van der Waals surface area contributed by atoms with Crippen LogP contribution in [-0.2, 0) is 0 Å².